The minimum absolute atomic E-state index is 0.377. The number of aryl methyl sites for hydroxylation is 1. The fraction of sp³-hybridized carbons (Fsp3) is 0.417. The van der Waals surface area contributed by atoms with Crippen molar-refractivity contribution in [2.24, 2.45) is 5.92 Å². The monoisotopic (exact) mass is 278 g/mol. The van der Waals surface area contributed by atoms with Gasteiger partial charge < -0.3 is 5.11 Å². The molecule has 0 bridgehead atoms. The van der Waals surface area contributed by atoms with Crippen molar-refractivity contribution in [3.63, 3.8) is 0 Å². The molecule has 0 fully saturated rings. The van der Waals surface area contributed by atoms with E-state index in [-0.39, 0.29) is 0 Å². The number of hydrogen-bond donors (Lipinski definition) is 1. The van der Waals surface area contributed by atoms with Crippen LogP contribution in [0.15, 0.2) is 24.3 Å². The highest BCUT2D eigenvalue weighted by Crippen LogP contribution is 2.30. The number of carboxylic acids is 1. The Bertz CT molecular complexity index is 418. The van der Waals surface area contributed by atoms with Gasteiger partial charge in [0.05, 0.1) is 0 Å². The van der Waals surface area contributed by atoms with Crippen LogP contribution in [0.5, 0.6) is 0 Å². The summed E-state index contributed by atoms with van der Waals surface area (Å²) in [5.74, 6) is -4.21. The molecule has 0 amide bonds. The molecule has 0 saturated carbocycles. The van der Waals surface area contributed by atoms with Gasteiger partial charge in [0.2, 0.25) is 0 Å². The number of hydrogen-bond acceptors (Lipinski definition) is 2. The predicted octanol–water partition coefficient (Wildman–Crippen LogP) is 3.49. The Morgan fingerprint density at radius 1 is 1.44 bits per heavy atom. The minimum atomic E-state index is -4.69. The third-order valence-electron chi connectivity index (χ3n) is 2.33. The molecule has 6 heteroatoms. The van der Waals surface area contributed by atoms with Crippen LogP contribution in [0.4, 0.5) is 13.2 Å². The van der Waals surface area contributed by atoms with Crippen molar-refractivity contribution >= 4 is 17.7 Å². The average Bonchev–Trinajstić information content (AvgIpc) is 2.22. The standard InChI is InChI=1S/C12H13F3O2S/c1-8-3-2-4-9(5-8)6-18-7-10(11(16)17)12(13,14)15/h2-5,10H,6-7H2,1H3,(H,16,17). The first-order chi connectivity index (χ1) is 8.30. The van der Waals surface area contributed by atoms with Gasteiger partial charge in [-0.15, -0.1) is 0 Å². The van der Waals surface area contributed by atoms with E-state index in [2.05, 4.69) is 0 Å². The Kier molecular flexibility index (Phi) is 5.07. The first-order valence-corrected chi connectivity index (χ1v) is 6.39. The molecule has 0 aliphatic rings. The molecule has 0 aliphatic heterocycles. The molecule has 0 radical (unpaired) electrons. The maximum atomic E-state index is 12.4. The first kappa shape index (κ1) is 14.9. The summed E-state index contributed by atoms with van der Waals surface area (Å²) in [4.78, 5) is 10.5. The van der Waals surface area contributed by atoms with Gasteiger partial charge in [0.25, 0.3) is 0 Å². The molecule has 0 saturated heterocycles. The molecule has 100 valence electrons. The van der Waals surface area contributed by atoms with E-state index in [9.17, 15) is 18.0 Å². The third kappa shape index (κ3) is 4.60. The number of benzene rings is 1. The highest BCUT2D eigenvalue weighted by Gasteiger charge is 2.44. The van der Waals surface area contributed by atoms with Crippen molar-refractivity contribution in [2.45, 2.75) is 18.9 Å². The predicted molar refractivity (Wildman–Crippen MR) is 64.5 cm³/mol. The molecule has 1 aromatic carbocycles. The summed E-state index contributed by atoms with van der Waals surface area (Å²) in [5, 5.41) is 8.52. The van der Waals surface area contributed by atoms with Gasteiger partial charge in [-0.25, -0.2) is 0 Å². The second-order valence-corrected chi connectivity index (χ2v) is 4.97. The minimum Gasteiger partial charge on any atom is -0.481 e. The quantitative estimate of drug-likeness (QED) is 0.895. The Morgan fingerprint density at radius 2 is 2.11 bits per heavy atom. The second kappa shape index (κ2) is 6.13. The van der Waals surface area contributed by atoms with Crippen molar-refractivity contribution in [1.29, 1.82) is 0 Å². The van der Waals surface area contributed by atoms with Crippen molar-refractivity contribution in [3.8, 4) is 0 Å². The lowest BCUT2D eigenvalue weighted by Gasteiger charge is -2.15. The van der Waals surface area contributed by atoms with Crippen LogP contribution >= 0.6 is 11.8 Å². The van der Waals surface area contributed by atoms with E-state index >= 15 is 0 Å². The van der Waals surface area contributed by atoms with Crippen LogP contribution in [0.1, 0.15) is 11.1 Å². The van der Waals surface area contributed by atoms with Crippen molar-refractivity contribution in [1.82, 2.24) is 0 Å². The maximum absolute atomic E-state index is 12.4. The van der Waals surface area contributed by atoms with Crippen LogP contribution < -0.4 is 0 Å². The van der Waals surface area contributed by atoms with Gasteiger partial charge in [-0.2, -0.15) is 24.9 Å². The van der Waals surface area contributed by atoms with Gasteiger partial charge in [0, 0.05) is 11.5 Å². The molecule has 0 aromatic heterocycles. The third-order valence-corrected chi connectivity index (χ3v) is 3.44. The summed E-state index contributed by atoms with van der Waals surface area (Å²) in [5.41, 5.74) is 1.92. The van der Waals surface area contributed by atoms with E-state index in [4.69, 9.17) is 5.11 Å². The van der Waals surface area contributed by atoms with Crippen LogP contribution in [0.25, 0.3) is 0 Å². The van der Waals surface area contributed by atoms with Crippen LogP contribution in [-0.2, 0) is 10.5 Å². The summed E-state index contributed by atoms with van der Waals surface area (Å²) in [6.45, 7) is 1.89. The molecule has 2 nitrogen and oxygen atoms in total. The molecule has 0 spiro atoms. The lowest BCUT2D eigenvalue weighted by atomic mass is 10.2. The molecule has 0 aliphatic carbocycles. The summed E-state index contributed by atoms with van der Waals surface area (Å²) in [6, 6.07) is 7.40. The van der Waals surface area contributed by atoms with Gasteiger partial charge in [-0.1, -0.05) is 29.8 Å². The maximum Gasteiger partial charge on any atom is 0.403 e. The fourth-order valence-electron chi connectivity index (χ4n) is 1.40. The van der Waals surface area contributed by atoms with E-state index in [1.54, 1.807) is 0 Å². The molecule has 1 unspecified atom stereocenters. The molecular weight excluding hydrogens is 265 g/mol. The Morgan fingerprint density at radius 3 is 2.61 bits per heavy atom. The molecule has 1 atom stereocenters. The number of carboxylic acid groups (broad SMARTS) is 1. The number of carbonyl (C=O) groups is 1. The summed E-state index contributed by atoms with van der Waals surface area (Å²) < 4.78 is 37.1. The SMILES string of the molecule is Cc1cccc(CSCC(C(=O)O)C(F)(F)F)c1. The number of halogens is 3. The number of alkyl halides is 3. The first-order valence-electron chi connectivity index (χ1n) is 5.23. The molecule has 1 N–H and O–H groups in total. The zero-order valence-corrected chi connectivity index (χ0v) is 10.5. The molecule has 0 heterocycles. The average molecular weight is 278 g/mol. The Balaban J connectivity index is 2.52. The van der Waals surface area contributed by atoms with Gasteiger partial charge in [0.15, 0.2) is 5.92 Å². The van der Waals surface area contributed by atoms with E-state index in [0.717, 1.165) is 22.9 Å². The van der Waals surface area contributed by atoms with Gasteiger partial charge in [0.1, 0.15) is 0 Å². The van der Waals surface area contributed by atoms with Crippen molar-refractivity contribution < 1.29 is 23.1 Å². The Hall–Kier alpha value is -1.17. The number of thioether (sulfide) groups is 1. The lowest BCUT2D eigenvalue weighted by Crippen LogP contribution is -2.32. The highest BCUT2D eigenvalue weighted by molar-refractivity contribution is 7.98. The summed E-state index contributed by atoms with van der Waals surface area (Å²) in [7, 11) is 0. The van der Waals surface area contributed by atoms with Crippen molar-refractivity contribution in [3.05, 3.63) is 35.4 Å². The highest BCUT2D eigenvalue weighted by atomic mass is 32.2. The number of aliphatic carboxylic acids is 1. The smallest absolute Gasteiger partial charge is 0.403 e. The normalized spacial score (nSPS) is 13.3. The van der Waals surface area contributed by atoms with Gasteiger partial charge in [-0.3, -0.25) is 4.79 Å². The molecule has 18 heavy (non-hydrogen) atoms. The van der Waals surface area contributed by atoms with Crippen LogP contribution in [-0.4, -0.2) is 23.0 Å². The zero-order chi connectivity index (χ0) is 13.8. The van der Waals surface area contributed by atoms with Crippen LogP contribution in [0, 0.1) is 12.8 Å². The van der Waals surface area contributed by atoms with Gasteiger partial charge >= 0.3 is 12.1 Å². The van der Waals surface area contributed by atoms with Crippen LogP contribution in [0.2, 0.25) is 0 Å². The van der Waals surface area contributed by atoms with Gasteiger partial charge in [-0.05, 0) is 12.5 Å². The lowest BCUT2D eigenvalue weighted by molar-refractivity contribution is -0.188. The Labute approximate surface area is 107 Å². The zero-order valence-electron chi connectivity index (χ0n) is 9.70. The van der Waals surface area contributed by atoms with E-state index in [0.29, 0.717) is 5.75 Å². The summed E-state index contributed by atoms with van der Waals surface area (Å²) in [6.07, 6.45) is -4.69. The largest absolute Gasteiger partial charge is 0.481 e. The van der Waals surface area contributed by atoms with E-state index in [1.165, 1.54) is 0 Å². The van der Waals surface area contributed by atoms with E-state index in [1.807, 2.05) is 31.2 Å². The molecular formula is C12H13F3O2S. The fourth-order valence-corrected chi connectivity index (χ4v) is 2.50. The second-order valence-electron chi connectivity index (χ2n) is 3.94. The van der Waals surface area contributed by atoms with Crippen molar-refractivity contribution in [2.75, 3.05) is 5.75 Å². The summed E-state index contributed by atoms with van der Waals surface area (Å²) >= 11 is 0.978. The molecule has 1 rings (SSSR count). The number of rotatable bonds is 5. The topological polar surface area (TPSA) is 37.3 Å². The van der Waals surface area contributed by atoms with Crippen LogP contribution in [0.3, 0.4) is 0 Å². The van der Waals surface area contributed by atoms with E-state index < -0.39 is 23.8 Å². The molecule has 1 aromatic rings.